The molecule has 1 amide bonds. The minimum absolute atomic E-state index is 0.0210. The lowest BCUT2D eigenvalue weighted by Gasteiger charge is -2.46. The molecule has 1 aliphatic rings. The summed E-state index contributed by atoms with van der Waals surface area (Å²) in [4.78, 5) is 24.6. The normalized spacial score (nSPS) is 18.6. The van der Waals surface area contributed by atoms with Crippen molar-refractivity contribution < 1.29 is 14.3 Å². The van der Waals surface area contributed by atoms with Gasteiger partial charge in [-0.05, 0) is 33.8 Å². The molecule has 0 aliphatic carbocycles. The molecular weight excluding hydrogens is 206 g/mol. The molecule has 1 saturated heterocycles. The predicted octanol–water partition coefficient (Wildman–Crippen LogP) is 2.00. The van der Waals surface area contributed by atoms with Crippen LogP contribution in [0.5, 0.6) is 0 Å². The minimum Gasteiger partial charge on any atom is -0.444 e. The third-order valence-electron chi connectivity index (χ3n) is 2.51. The van der Waals surface area contributed by atoms with E-state index in [-0.39, 0.29) is 11.9 Å². The SMILES string of the molecule is C=CC(=O)C1(C)CN(C(=O)OC(C)(C)C)C1. The maximum absolute atomic E-state index is 11.6. The topological polar surface area (TPSA) is 46.6 Å². The van der Waals surface area contributed by atoms with E-state index in [1.165, 1.54) is 11.0 Å². The summed E-state index contributed by atoms with van der Waals surface area (Å²) in [6.45, 7) is 11.6. The van der Waals surface area contributed by atoms with Gasteiger partial charge >= 0.3 is 6.09 Å². The molecule has 1 heterocycles. The van der Waals surface area contributed by atoms with E-state index in [1.54, 1.807) is 0 Å². The second kappa shape index (κ2) is 3.92. The Bertz CT molecular complexity index is 322. The lowest BCUT2D eigenvalue weighted by molar-refractivity contribution is -0.131. The average molecular weight is 225 g/mol. The van der Waals surface area contributed by atoms with Gasteiger partial charge in [0.15, 0.2) is 5.78 Å². The Labute approximate surface area is 96.3 Å². The summed E-state index contributed by atoms with van der Waals surface area (Å²) in [6.07, 6.45) is 0.953. The van der Waals surface area contributed by atoms with Crippen molar-refractivity contribution in [2.45, 2.75) is 33.3 Å². The molecule has 0 N–H and O–H groups in total. The Morgan fingerprint density at radius 2 is 1.88 bits per heavy atom. The van der Waals surface area contributed by atoms with Crippen LogP contribution in [0.1, 0.15) is 27.7 Å². The monoisotopic (exact) mass is 225 g/mol. The van der Waals surface area contributed by atoms with Crippen LogP contribution in [0.3, 0.4) is 0 Å². The van der Waals surface area contributed by atoms with Gasteiger partial charge in [-0.25, -0.2) is 4.79 Å². The van der Waals surface area contributed by atoms with Crippen molar-refractivity contribution >= 4 is 11.9 Å². The smallest absolute Gasteiger partial charge is 0.410 e. The second-order valence-corrected chi connectivity index (χ2v) is 5.47. The number of hydrogen-bond acceptors (Lipinski definition) is 3. The van der Waals surface area contributed by atoms with Crippen LogP contribution in [0.4, 0.5) is 4.79 Å². The Morgan fingerprint density at radius 1 is 1.38 bits per heavy atom. The molecule has 0 aromatic heterocycles. The molecule has 0 aromatic carbocycles. The van der Waals surface area contributed by atoms with Crippen LogP contribution in [-0.2, 0) is 9.53 Å². The van der Waals surface area contributed by atoms with E-state index in [0.29, 0.717) is 13.1 Å². The molecule has 0 unspecified atom stereocenters. The highest BCUT2D eigenvalue weighted by Gasteiger charge is 2.46. The third-order valence-corrected chi connectivity index (χ3v) is 2.51. The first kappa shape index (κ1) is 12.7. The first-order valence-electron chi connectivity index (χ1n) is 5.33. The molecular formula is C12H19NO3. The van der Waals surface area contributed by atoms with Gasteiger partial charge in [-0.1, -0.05) is 6.58 Å². The molecule has 0 atom stereocenters. The Kier molecular flexibility index (Phi) is 3.13. The van der Waals surface area contributed by atoms with Crippen molar-refractivity contribution in [1.82, 2.24) is 4.90 Å². The Morgan fingerprint density at radius 3 is 2.25 bits per heavy atom. The van der Waals surface area contributed by atoms with Crippen molar-refractivity contribution in [2.75, 3.05) is 13.1 Å². The molecule has 0 radical (unpaired) electrons. The molecule has 4 nitrogen and oxygen atoms in total. The fraction of sp³-hybridized carbons (Fsp3) is 0.667. The number of carbonyl (C=O) groups excluding carboxylic acids is 2. The number of rotatable bonds is 2. The number of allylic oxidation sites excluding steroid dienone is 1. The van der Waals surface area contributed by atoms with E-state index < -0.39 is 11.0 Å². The van der Waals surface area contributed by atoms with Gasteiger partial charge in [0, 0.05) is 13.1 Å². The molecule has 0 aromatic rings. The predicted molar refractivity (Wildman–Crippen MR) is 61.1 cm³/mol. The van der Waals surface area contributed by atoms with Crippen molar-refractivity contribution in [2.24, 2.45) is 5.41 Å². The summed E-state index contributed by atoms with van der Waals surface area (Å²) in [6, 6.07) is 0. The van der Waals surface area contributed by atoms with E-state index in [0.717, 1.165) is 0 Å². The van der Waals surface area contributed by atoms with Gasteiger partial charge in [-0.15, -0.1) is 0 Å². The van der Waals surface area contributed by atoms with Gasteiger partial charge in [0.05, 0.1) is 5.41 Å². The summed E-state index contributed by atoms with van der Waals surface area (Å²) in [7, 11) is 0. The first-order chi connectivity index (χ1) is 7.18. The number of ketones is 1. The summed E-state index contributed by atoms with van der Waals surface area (Å²) in [5.74, 6) is -0.0210. The maximum atomic E-state index is 11.6. The van der Waals surface area contributed by atoms with Gasteiger partial charge in [-0.2, -0.15) is 0 Å². The Balaban J connectivity index is 2.50. The molecule has 1 aliphatic heterocycles. The van der Waals surface area contributed by atoms with Crippen molar-refractivity contribution in [3.05, 3.63) is 12.7 Å². The van der Waals surface area contributed by atoms with Crippen LogP contribution in [0.25, 0.3) is 0 Å². The largest absolute Gasteiger partial charge is 0.444 e. The van der Waals surface area contributed by atoms with Crippen LogP contribution in [0, 0.1) is 5.41 Å². The van der Waals surface area contributed by atoms with E-state index in [1.807, 2.05) is 27.7 Å². The van der Waals surface area contributed by atoms with Crippen LogP contribution in [0.2, 0.25) is 0 Å². The first-order valence-corrected chi connectivity index (χ1v) is 5.33. The van der Waals surface area contributed by atoms with Gasteiger partial charge < -0.3 is 9.64 Å². The van der Waals surface area contributed by atoms with Crippen molar-refractivity contribution in [3.63, 3.8) is 0 Å². The molecule has 16 heavy (non-hydrogen) atoms. The highest BCUT2D eigenvalue weighted by molar-refractivity contribution is 5.96. The summed E-state index contributed by atoms with van der Waals surface area (Å²) in [5, 5.41) is 0. The van der Waals surface area contributed by atoms with E-state index in [9.17, 15) is 9.59 Å². The van der Waals surface area contributed by atoms with E-state index in [4.69, 9.17) is 4.74 Å². The van der Waals surface area contributed by atoms with Gasteiger partial charge in [-0.3, -0.25) is 4.79 Å². The van der Waals surface area contributed by atoms with Crippen LogP contribution in [-0.4, -0.2) is 35.5 Å². The molecule has 1 rings (SSSR count). The maximum Gasteiger partial charge on any atom is 0.410 e. The van der Waals surface area contributed by atoms with Crippen LogP contribution in [0.15, 0.2) is 12.7 Å². The summed E-state index contributed by atoms with van der Waals surface area (Å²) in [5.41, 5.74) is -0.968. The highest BCUT2D eigenvalue weighted by Crippen LogP contribution is 2.32. The lowest BCUT2D eigenvalue weighted by atomic mass is 9.78. The van der Waals surface area contributed by atoms with E-state index in [2.05, 4.69) is 6.58 Å². The highest BCUT2D eigenvalue weighted by atomic mass is 16.6. The fourth-order valence-electron chi connectivity index (χ4n) is 1.65. The zero-order valence-corrected chi connectivity index (χ0v) is 10.4. The van der Waals surface area contributed by atoms with Crippen molar-refractivity contribution in [1.29, 1.82) is 0 Å². The quantitative estimate of drug-likeness (QED) is 0.675. The number of ether oxygens (including phenoxy) is 1. The Hall–Kier alpha value is -1.32. The summed E-state index contributed by atoms with van der Waals surface area (Å²) >= 11 is 0. The number of hydrogen-bond donors (Lipinski definition) is 0. The van der Waals surface area contributed by atoms with Crippen molar-refractivity contribution in [3.8, 4) is 0 Å². The lowest BCUT2D eigenvalue weighted by Crippen LogP contribution is -2.60. The molecule has 4 heteroatoms. The standard InChI is InChI=1S/C12H19NO3/c1-6-9(14)12(5)7-13(8-12)10(15)16-11(2,3)4/h6H,1,7-8H2,2-5H3. The number of nitrogens with zero attached hydrogens (tertiary/aromatic N) is 1. The fourth-order valence-corrected chi connectivity index (χ4v) is 1.65. The van der Waals surface area contributed by atoms with Gasteiger partial charge in [0.25, 0.3) is 0 Å². The van der Waals surface area contributed by atoms with Crippen LogP contribution >= 0.6 is 0 Å². The number of carbonyl (C=O) groups is 2. The summed E-state index contributed by atoms with van der Waals surface area (Å²) < 4.78 is 5.20. The average Bonchev–Trinajstić information content (AvgIpc) is 2.08. The number of amides is 1. The molecule has 90 valence electrons. The van der Waals surface area contributed by atoms with Crippen LogP contribution < -0.4 is 0 Å². The second-order valence-electron chi connectivity index (χ2n) is 5.47. The molecule has 0 saturated carbocycles. The minimum atomic E-state index is -0.495. The number of likely N-dealkylation sites (tertiary alicyclic amines) is 1. The van der Waals surface area contributed by atoms with E-state index >= 15 is 0 Å². The third kappa shape index (κ3) is 2.62. The molecule has 1 fully saturated rings. The van der Waals surface area contributed by atoms with Gasteiger partial charge in [0.1, 0.15) is 5.60 Å². The zero-order valence-electron chi connectivity index (χ0n) is 10.4. The zero-order chi connectivity index (χ0) is 12.6. The molecule has 0 bridgehead atoms. The van der Waals surface area contributed by atoms with Gasteiger partial charge in [0.2, 0.25) is 0 Å². The molecule has 0 spiro atoms.